The van der Waals surface area contributed by atoms with Crippen molar-refractivity contribution in [3.8, 4) is 0 Å². The quantitative estimate of drug-likeness (QED) is 0.763. The molecule has 0 amide bonds. The number of nitrogens with one attached hydrogen (secondary N) is 2. The van der Waals surface area contributed by atoms with Crippen LogP contribution in [0.4, 0.5) is 26.2 Å². The first kappa shape index (κ1) is 15.6. The maximum Gasteiger partial charge on any atom is 0.225 e. The number of hydrogen-bond acceptors (Lipinski definition) is 5. The summed E-state index contributed by atoms with van der Waals surface area (Å²) in [5.41, 5.74) is 0.584. The highest BCUT2D eigenvalue weighted by Crippen LogP contribution is 2.40. The molecule has 23 heavy (non-hydrogen) atoms. The minimum absolute atomic E-state index is 0.0677. The first-order valence-corrected chi connectivity index (χ1v) is 7.54. The van der Waals surface area contributed by atoms with E-state index in [4.69, 9.17) is 5.11 Å². The van der Waals surface area contributed by atoms with Gasteiger partial charge in [-0.1, -0.05) is 6.07 Å². The first-order valence-electron chi connectivity index (χ1n) is 7.54. The molecule has 0 bridgehead atoms. The molecule has 1 heterocycles. The van der Waals surface area contributed by atoms with E-state index >= 15 is 0 Å². The van der Waals surface area contributed by atoms with Crippen LogP contribution < -0.4 is 10.6 Å². The van der Waals surface area contributed by atoms with E-state index in [9.17, 15) is 8.78 Å². The Morgan fingerprint density at radius 2 is 1.96 bits per heavy atom. The average Bonchev–Trinajstić information content (AvgIpc) is 3.35. The average molecular weight is 320 g/mol. The van der Waals surface area contributed by atoms with Gasteiger partial charge in [-0.3, -0.25) is 0 Å². The molecule has 1 aromatic carbocycles. The van der Waals surface area contributed by atoms with Crippen molar-refractivity contribution < 1.29 is 13.9 Å². The lowest BCUT2D eigenvalue weighted by atomic mass is 10.2. The van der Waals surface area contributed by atoms with Gasteiger partial charge in [0, 0.05) is 18.0 Å². The van der Waals surface area contributed by atoms with E-state index in [2.05, 4.69) is 20.6 Å². The Morgan fingerprint density at radius 3 is 2.57 bits per heavy atom. The monoisotopic (exact) mass is 320 g/mol. The van der Waals surface area contributed by atoms with E-state index in [0.29, 0.717) is 17.7 Å². The van der Waals surface area contributed by atoms with E-state index in [1.165, 1.54) is 18.2 Å². The van der Waals surface area contributed by atoms with Crippen LogP contribution in [0.2, 0.25) is 0 Å². The number of nitrogens with zero attached hydrogens (tertiary/aromatic N) is 2. The molecule has 1 fully saturated rings. The summed E-state index contributed by atoms with van der Waals surface area (Å²) in [6.07, 6.45) is 2.08. The topological polar surface area (TPSA) is 70.1 Å². The summed E-state index contributed by atoms with van der Waals surface area (Å²) in [5, 5.41) is 14.8. The van der Waals surface area contributed by atoms with Gasteiger partial charge >= 0.3 is 0 Å². The van der Waals surface area contributed by atoms with E-state index in [1.807, 2.05) is 0 Å². The van der Waals surface area contributed by atoms with E-state index in [1.54, 1.807) is 13.0 Å². The number of rotatable bonds is 6. The number of aliphatic hydroxyl groups is 1. The Bertz CT molecular complexity index is 686. The second kappa shape index (κ2) is 6.45. The molecule has 1 aromatic heterocycles. The van der Waals surface area contributed by atoms with Crippen molar-refractivity contribution in [2.24, 2.45) is 0 Å². The summed E-state index contributed by atoms with van der Waals surface area (Å²) < 4.78 is 27.6. The predicted molar refractivity (Wildman–Crippen MR) is 83.8 cm³/mol. The fourth-order valence-electron chi connectivity index (χ4n) is 2.19. The number of para-hydroxylation sites is 1. The Hall–Kier alpha value is -2.28. The summed E-state index contributed by atoms with van der Waals surface area (Å²) >= 11 is 0. The van der Waals surface area contributed by atoms with Gasteiger partial charge < -0.3 is 15.7 Å². The third-order valence-corrected chi connectivity index (χ3v) is 3.61. The van der Waals surface area contributed by atoms with Crippen LogP contribution in [0.15, 0.2) is 24.3 Å². The molecule has 0 radical (unpaired) electrons. The number of aliphatic hydroxyl groups excluding tert-OH is 1. The summed E-state index contributed by atoms with van der Waals surface area (Å²) in [5.74, 6) is -0.368. The molecule has 5 nitrogen and oxygen atoms in total. The lowest BCUT2D eigenvalue weighted by Gasteiger charge is -2.14. The third-order valence-electron chi connectivity index (χ3n) is 3.61. The number of halogens is 2. The predicted octanol–water partition coefficient (Wildman–Crippen LogP) is 3.17. The van der Waals surface area contributed by atoms with Crippen LogP contribution in [0.3, 0.4) is 0 Å². The van der Waals surface area contributed by atoms with Crippen molar-refractivity contribution in [3.05, 3.63) is 41.6 Å². The minimum Gasteiger partial charge on any atom is -0.394 e. The van der Waals surface area contributed by atoms with Crippen molar-refractivity contribution in [1.29, 1.82) is 0 Å². The number of hydrogen-bond donors (Lipinski definition) is 3. The minimum atomic E-state index is -0.685. The fraction of sp³-hybridized carbons (Fsp3) is 0.375. The van der Waals surface area contributed by atoms with Gasteiger partial charge in [-0.25, -0.2) is 13.8 Å². The van der Waals surface area contributed by atoms with Crippen LogP contribution in [-0.2, 0) is 0 Å². The van der Waals surface area contributed by atoms with Gasteiger partial charge in [-0.2, -0.15) is 4.98 Å². The first-order chi connectivity index (χ1) is 11.1. The summed E-state index contributed by atoms with van der Waals surface area (Å²) in [4.78, 5) is 8.64. The maximum absolute atomic E-state index is 13.8. The molecular formula is C16H18F2N4O. The van der Waals surface area contributed by atoms with Gasteiger partial charge in [-0.15, -0.1) is 0 Å². The highest BCUT2D eigenvalue weighted by molar-refractivity contribution is 5.59. The van der Waals surface area contributed by atoms with Crippen molar-refractivity contribution in [2.45, 2.75) is 31.7 Å². The fourth-order valence-corrected chi connectivity index (χ4v) is 2.19. The van der Waals surface area contributed by atoms with Crippen LogP contribution in [0.25, 0.3) is 0 Å². The zero-order valence-corrected chi connectivity index (χ0v) is 12.7. The smallest absolute Gasteiger partial charge is 0.225 e. The number of anilines is 3. The molecule has 0 unspecified atom stereocenters. The molecule has 0 saturated heterocycles. The van der Waals surface area contributed by atoms with Crippen LogP contribution in [0.5, 0.6) is 0 Å². The van der Waals surface area contributed by atoms with Gasteiger partial charge in [0.1, 0.15) is 23.1 Å². The molecule has 3 rings (SSSR count). The zero-order chi connectivity index (χ0) is 16.4. The molecule has 1 atom stereocenters. The molecular weight excluding hydrogens is 302 g/mol. The van der Waals surface area contributed by atoms with Crippen molar-refractivity contribution in [3.63, 3.8) is 0 Å². The zero-order valence-electron chi connectivity index (χ0n) is 12.7. The molecule has 3 N–H and O–H groups in total. The summed E-state index contributed by atoms with van der Waals surface area (Å²) in [6, 6.07) is 5.16. The molecule has 1 saturated carbocycles. The van der Waals surface area contributed by atoms with Crippen LogP contribution in [0, 0.1) is 11.6 Å². The van der Waals surface area contributed by atoms with Gasteiger partial charge in [0.05, 0.1) is 12.3 Å². The molecule has 7 heteroatoms. The Morgan fingerprint density at radius 1 is 1.26 bits per heavy atom. The number of benzene rings is 1. The molecule has 0 spiro atoms. The van der Waals surface area contributed by atoms with E-state index in [-0.39, 0.29) is 18.3 Å². The third kappa shape index (κ3) is 3.73. The van der Waals surface area contributed by atoms with Gasteiger partial charge in [0.25, 0.3) is 0 Å². The lowest BCUT2D eigenvalue weighted by molar-refractivity contribution is 0.281. The summed E-state index contributed by atoms with van der Waals surface area (Å²) in [6.45, 7) is 1.72. The normalized spacial score (nSPS) is 15.3. The highest BCUT2D eigenvalue weighted by Gasteiger charge is 2.26. The highest BCUT2D eigenvalue weighted by atomic mass is 19.1. The largest absolute Gasteiger partial charge is 0.394 e. The molecule has 122 valence electrons. The number of aromatic nitrogens is 2. The Labute approximate surface area is 132 Å². The molecule has 0 aliphatic heterocycles. The molecule has 1 aliphatic carbocycles. The van der Waals surface area contributed by atoms with E-state index in [0.717, 1.165) is 18.5 Å². The maximum atomic E-state index is 13.8. The second-order valence-electron chi connectivity index (χ2n) is 5.73. The van der Waals surface area contributed by atoms with Crippen LogP contribution >= 0.6 is 0 Å². The Kier molecular flexibility index (Phi) is 4.38. The van der Waals surface area contributed by atoms with Gasteiger partial charge in [-0.05, 0) is 31.9 Å². The SMILES string of the molecule is C[C@H](CO)Nc1nc(Nc2c(F)cccc2F)cc(C2CC2)n1. The molecule has 1 aliphatic rings. The summed E-state index contributed by atoms with van der Waals surface area (Å²) in [7, 11) is 0. The van der Waals surface area contributed by atoms with Crippen molar-refractivity contribution in [1.82, 2.24) is 9.97 Å². The van der Waals surface area contributed by atoms with Crippen LogP contribution in [-0.4, -0.2) is 27.7 Å². The standard InChI is InChI=1S/C16H18F2N4O/c1-9(8-23)19-16-20-13(10-5-6-10)7-14(22-16)21-15-11(17)3-2-4-12(15)18/h2-4,7,9-10,23H,5-6,8H2,1H3,(H2,19,20,21,22)/t9-/m1/s1. The second-order valence-corrected chi connectivity index (χ2v) is 5.73. The van der Waals surface area contributed by atoms with Gasteiger partial charge in [0.2, 0.25) is 5.95 Å². The Balaban J connectivity index is 1.91. The molecule has 2 aromatic rings. The van der Waals surface area contributed by atoms with Crippen molar-refractivity contribution >= 4 is 17.5 Å². The van der Waals surface area contributed by atoms with Gasteiger partial charge in [0.15, 0.2) is 0 Å². The lowest BCUT2D eigenvalue weighted by Crippen LogP contribution is -2.21. The van der Waals surface area contributed by atoms with Crippen molar-refractivity contribution in [2.75, 3.05) is 17.2 Å². The van der Waals surface area contributed by atoms with E-state index < -0.39 is 11.6 Å². The van der Waals surface area contributed by atoms with Crippen LogP contribution in [0.1, 0.15) is 31.4 Å².